The molecule has 10 heteroatoms. The number of amides is 3. The summed E-state index contributed by atoms with van der Waals surface area (Å²) in [4.78, 5) is 35.7. The Bertz CT molecular complexity index is 1020. The number of rotatable bonds is 11. The molecule has 3 amide bonds. The standard InChI is InChI=1S/C24H29ClN4O5/c1-4-6-11-26-23(31)24(32)29-27-14-17-12-19(25)22(20(13-17)33-5-2)34-15-21(30)28-18-9-7-16(3)8-10-18/h7-10,12-14H,4-6,11,15H2,1-3H3,(H,26,31)(H,28,30)(H,29,32)/b27-14-. The van der Waals surface area contributed by atoms with E-state index in [2.05, 4.69) is 21.2 Å². The van der Waals surface area contributed by atoms with Crippen molar-refractivity contribution in [3.63, 3.8) is 0 Å². The molecular formula is C24H29ClN4O5. The largest absolute Gasteiger partial charge is 0.490 e. The van der Waals surface area contributed by atoms with Gasteiger partial charge in [0.25, 0.3) is 5.91 Å². The molecule has 0 atom stereocenters. The molecule has 2 aromatic carbocycles. The van der Waals surface area contributed by atoms with Gasteiger partial charge in [0.05, 0.1) is 17.8 Å². The van der Waals surface area contributed by atoms with E-state index >= 15 is 0 Å². The fourth-order valence-corrected chi connectivity index (χ4v) is 2.99. The first-order valence-corrected chi connectivity index (χ1v) is 11.3. The van der Waals surface area contributed by atoms with Gasteiger partial charge in [-0.25, -0.2) is 5.43 Å². The maximum Gasteiger partial charge on any atom is 0.329 e. The van der Waals surface area contributed by atoms with Gasteiger partial charge in [0, 0.05) is 12.2 Å². The Hall–Kier alpha value is -3.59. The van der Waals surface area contributed by atoms with Gasteiger partial charge in [0.1, 0.15) is 0 Å². The van der Waals surface area contributed by atoms with E-state index in [9.17, 15) is 14.4 Å². The van der Waals surface area contributed by atoms with Gasteiger partial charge >= 0.3 is 11.8 Å². The fourth-order valence-electron chi connectivity index (χ4n) is 2.71. The lowest BCUT2D eigenvalue weighted by Gasteiger charge is -2.14. The third-order valence-corrected chi connectivity index (χ3v) is 4.70. The maximum absolute atomic E-state index is 12.2. The Balaban J connectivity index is 2.00. The minimum atomic E-state index is -0.872. The van der Waals surface area contributed by atoms with Crippen molar-refractivity contribution in [3.05, 3.63) is 52.5 Å². The summed E-state index contributed by atoms with van der Waals surface area (Å²) in [6.45, 7) is 6.21. The number of carbonyl (C=O) groups excluding carboxylic acids is 3. The fraction of sp³-hybridized carbons (Fsp3) is 0.333. The normalized spacial score (nSPS) is 10.6. The average molecular weight is 489 g/mol. The lowest BCUT2D eigenvalue weighted by molar-refractivity contribution is -0.139. The zero-order valence-electron chi connectivity index (χ0n) is 19.4. The van der Waals surface area contributed by atoms with Crippen LogP contribution in [-0.4, -0.2) is 43.7 Å². The van der Waals surface area contributed by atoms with E-state index in [-0.39, 0.29) is 23.3 Å². The highest BCUT2D eigenvalue weighted by Gasteiger charge is 2.15. The van der Waals surface area contributed by atoms with Crippen molar-refractivity contribution < 1.29 is 23.9 Å². The van der Waals surface area contributed by atoms with Gasteiger partial charge in [-0.15, -0.1) is 0 Å². The van der Waals surface area contributed by atoms with Crippen molar-refractivity contribution in [1.29, 1.82) is 0 Å². The molecule has 0 heterocycles. The molecule has 34 heavy (non-hydrogen) atoms. The highest BCUT2D eigenvalue weighted by Crippen LogP contribution is 2.36. The first-order valence-electron chi connectivity index (χ1n) is 10.9. The van der Waals surface area contributed by atoms with Crippen LogP contribution >= 0.6 is 11.6 Å². The van der Waals surface area contributed by atoms with Crippen LogP contribution in [0.5, 0.6) is 11.5 Å². The Kier molecular flexibility index (Phi) is 10.9. The highest BCUT2D eigenvalue weighted by molar-refractivity contribution is 6.35. The molecule has 0 unspecified atom stereocenters. The number of hydrazone groups is 1. The summed E-state index contributed by atoms with van der Waals surface area (Å²) in [5.41, 5.74) is 4.40. The van der Waals surface area contributed by atoms with E-state index in [0.717, 1.165) is 18.4 Å². The molecule has 0 bridgehead atoms. The van der Waals surface area contributed by atoms with Gasteiger partial charge in [-0.2, -0.15) is 5.10 Å². The van der Waals surface area contributed by atoms with Crippen LogP contribution in [0.3, 0.4) is 0 Å². The second kappa shape index (κ2) is 13.8. The number of unbranched alkanes of at least 4 members (excludes halogenated alkanes) is 1. The van der Waals surface area contributed by atoms with Crippen molar-refractivity contribution in [2.75, 3.05) is 25.1 Å². The Labute approximate surface area is 203 Å². The van der Waals surface area contributed by atoms with E-state index in [1.54, 1.807) is 25.1 Å². The molecule has 0 aliphatic heterocycles. The quantitative estimate of drug-likeness (QED) is 0.194. The van der Waals surface area contributed by atoms with Gasteiger partial charge in [-0.1, -0.05) is 42.6 Å². The topological polar surface area (TPSA) is 118 Å². The van der Waals surface area contributed by atoms with Crippen LogP contribution in [0, 0.1) is 6.92 Å². The number of anilines is 1. The van der Waals surface area contributed by atoms with Gasteiger partial charge in [-0.3, -0.25) is 14.4 Å². The summed E-state index contributed by atoms with van der Waals surface area (Å²) in [5.74, 6) is -1.47. The lowest BCUT2D eigenvalue weighted by Crippen LogP contribution is -2.38. The molecule has 2 aromatic rings. The zero-order chi connectivity index (χ0) is 24.9. The number of benzene rings is 2. The number of halogens is 1. The summed E-state index contributed by atoms with van der Waals surface area (Å²) in [7, 11) is 0. The van der Waals surface area contributed by atoms with Crippen molar-refractivity contribution in [2.45, 2.75) is 33.6 Å². The molecule has 0 aliphatic carbocycles. The second-order valence-electron chi connectivity index (χ2n) is 7.27. The third kappa shape index (κ3) is 8.74. The molecule has 3 N–H and O–H groups in total. The highest BCUT2D eigenvalue weighted by atomic mass is 35.5. The summed E-state index contributed by atoms with van der Waals surface area (Å²) in [6, 6.07) is 10.5. The molecule has 182 valence electrons. The Morgan fingerprint density at radius 2 is 1.79 bits per heavy atom. The minimum absolute atomic E-state index is 0.194. The SMILES string of the molecule is CCCCNC(=O)C(=O)N/N=C\c1cc(Cl)c(OCC(=O)Nc2ccc(C)cc2)c(OCC)c1. The van der Waals surface area contributed by atoms with Gasteiger partial charge in [0.15, 0.2) is 18.1 Å². The number of aryl methyl sites for hydroxylation is 1. The van der Waals surface area contributed by atoms with Crippen molar-refractivity contribution in [1.82, 2.24) is 10.7 Å². The number of hydrogen-bond acceptors (Lipinski definition) is 6. The molecule has 0 saturated carbocycles. The number of carbonyl (C=O) groups is 3. The van der Waals surface area contributed by atoms with Crippen LogP contribution in [0.2, 0.25) is 5.02 Å². The Morgan fingerprint density at radius 1 is 1.06 bits per heavy atom. The van der Waals surface area contributed by atoms with E-state index in [1.165, 1.54) is 12.3 Å². The molecule has 0 spiro atoms. The van der Waals surface area contributed by atoms with Crippen LogP contribution in [0.15, 0.2) is 41.5 Å². The smallest absolute Gasteiger partial charge is 0.329 e. The molecule has 0 aromatic heterocycles. The van der Waals surface area contributed by atoms with Gasteiger partial charge in [-0.05, 0) is 50.1 Å². The molecule has 0 aliphatic rings. The van der Waals surface area contributed by atoms with Crippen LogP contribution in [0.1, 0.15) is 37.8 Å². The van der Waals surface area contributed by atoms with Crippen molar-refractivity contribution >= 4 is 41.2 Å². The first-order chi connectivity index (χ1) is 16.3. The minimum Gasteiger partial charge on any atom is -0.490 e. The molecule has 0 radical (unpaired) electrons. The van der Waals surface area contributed by atoms with E-state index in [4.69, 9.17) is 21.1 Å². The van der Waals surface area contributed by atoms with Crippen molar-refractivity contribution in [2.24, 2.45) is 5.10 Å². The lowest BCUT2D eigenvalue weighted by atomic mass is 10.2. The number of ether oxygens (including phenoxy) is 2. The predicted molar refractivity (Wildman–Crippen MR) is 132 cm³/mol. The molecule has 9 nitrogen and oxygen atoms in total. The van der Waals surface area contributed by atoms with Crippen LogP contribution in [0.25, 0.3) is 0 Å². The third-order valence-electron chi connectivity index (χ3n) is 4.42. The number of nitrogens with zero attached hydrogens (tertiary/aromatic N) is 1. The van der Waals surface area contributed by atoms with Crippen molar-refractivity contribution in [3.8, 4) is 11.5 Å². The maximum atomic E-state index is 12.2. The molecule has 2 rings (SSSR count). The second-order valence-corrected chi connectivity index (χ2v) is 7.68. The van der Waals surface area contributed by atoms with Crippen LogP contribution in [-0.2, 0) is 14.4 Å². The van der Waals surface area contributed by atoms with Gasteiger partial charge < -0.3 is 20.1 Å². The average Bonchev–Trinajstić information content (AvgIpc) is 2.80. The monoisotopic (exact) mass is 488 g/mol. The summed E-state index contributed by atoms with van der Waals surface area (Å²) >= 11 is 6.34. The summed E-state index contributed by atoms with van der Waals surface area (Å²) < 4.78 is 11.2. The molecule has 0 saturated heterocycles. The van der Waals surface area contributed by atoms with Crippen LogP contribution < -0.4 is 25.5 Å². The number of hydrogen-bond donors (Lipinski definition) is 3. The van der Waals surface area contributed by atoms with Gasteiger partial charge in [0.2, 0.25) is 0 Å². The van der Waals surface area contributed by atoms with Crippen LogP contribution in [0.4, 0.5) is 5.69 Å². The zero-order valence-corrected chi connectivity index (χ0v) is 20.2. The Morgan fingerprint density at radius 3 is 2.47 bits per heavy atom. The number of nitrogens with one attached hydrogen (secondary N) is 3. The van der Waals surface area contributed by atoms with E-state index < -0.39 is 11.8 Å². The summed E-state index contributed by atoms with van der Waals surface area (Å²) in [5, 5.41) is 9.22. The first kappa shape index (κ1) is 26.7. The molecule has 0 fully saturated rings. The van der Waals surface area contributed by atoms with E-state index in [1.807, 2.05) is 26.0 Å². The predicted octanol–water partition coefficient (Wildman–Crippen LogP) is 3.43. The molecular weight excluding hydrogens is 460 g/mol. The van der Waals surface area contributed by atoms with E-state index in [0.29, 0.717) is 30.2 Å². The summed E-state index contributed by atoms with van der Waals surface area (Å²) in [6.07, 6.45) is 3.00.